The first-order valence-electron chi connectivity index (χ1n) is 9.99. The molecule has 0 saturated heterocycles. The molecule has 0 saturated carbocycles. The van der Waals surface area contributed by atoms with Gasteiger partial charge in [-0.1, -0.05) is 32.0 Å². The number of benzene rings is 1. The average Bonchev–Trinajstić information content (AvgIpc) is 3.24. The minimum atomic E-state index is -3.52. The average molecular weight is 453 g/mol. The van der Waals surface area contributed by atoms with Crippen LogP contribution in [-0.4, -0.2) is 51.1 Å². The molecule has 0 unspecified atom stereocenters. The zero-order chi connectivity index (χ0) is 21.9. The molecular weight excluding hydrogens is 424 g/mol. The second kappa shape index (κ2) is 9.36. The van der Waals surface area contributed by atoms with Gasteiger partial charge in [0.25, 0.3) is 0 Å². The van der Waals surface area contributed by atoms with Crippen molar-refractivity contribution >= 4 is 32.8 Å². The molecule has 11 heteroatoms. The van der Waals surface area contributed by atoms with Gasteiger partial charge in [0.2, 0.25) is 10.0 Å². The molecule has 3 aromatic rings. The third-order valence-corrected chi connectivity index (χ3v) is 7.60. The molecule has 0 aliphatic carbocycles. The van der Waals surface area contributed by atoms with Crippen molar-refractivity contribution in [1.82, 2.24) is 28.6 Å². The van der Waals surface area contributed by atoms with Crippen LogP contribution >= 0.6 is 11.8 Å². The van der Waals surface area contributed by atoms with Gasteiger partial charge in [-0.05, 0) is 31.0 Å². The Morgan fingerprint density at radius 2 is 1.90 bits per heavy atom. The highest BCUT2D eigenvalue weighted by atomic mass is 32.2. The van der Waals surface area contributed by atoms with Crippen molar-refractivity contribution in [1.29, 1.82) is 0 Å². The number of thioether (sulfide) groups is 1. The second-order valence-electron chi connectivity index (χ2n) is 7.22. The number of aromatic amines is 1. The monoisotopic (exact) mass is 452 g/mol. The van der Waals surface area contributed by atoms with E-state index in [9.17, 15) is 13.2 Å². The smallest absolute Gasteiger partial charge is 0.327 e. The van der Waals surface area contributed by atoms with Gasteiger partial charge in [0, 0.05) is 27.2 Å². The number of fused-ring (bicyclic) bond motifs is 1. The maximum absolute atomic E-state index is 12.5. The first-order chi connectivity index (χ1) is 14.3. The summed E-state index contributed by atoms with van der Waals surface area (Å²) >= 11 is 1.45. The zero-order valence-corrected chi connectivity index (χ0v) is 19.4. The van der Waals surface area contributed by atoms with Crippen molar-refractivity contribution in [2.24, 2.45) is 0 Å². The second-order valence-corrected chi connectivity index (χ2v) is 10.3. The van der Waals surface area contributed by atoms with E-state index < -0.39 is 10.0 Å². The van der Waals surface area contributed by atoms with Crippen LogP contribution in [0.25, 0.3) is 11.0 Å². The number of unbranched alkanes of at least 4 members (excludes halogenated alkanes) is 1. The van der Waals surface area contributed by atoms with Crippen molar-refractivity contribution in [3.8, 4) is 0 Å². The third kappa shape index (κ3) is 4.47. The fraction of sp³-hybridized carbons (Fsp3) is 0.526. The summed E-state index contributed by atoms with van der Waals surface area (Å²) in [4.78, 5) is 16.9. The van der Waals surface area contributed by atoms with Crippen molar-refractivity contribution in [2.45, 2.75) is 62.0 Å². The molecule has 0 radical (unpaired) electrons. The first kappa shape index (κ1) is 22.6. The van der Waals surface area contributed by atoms with Gasteiger partial charge in [0.1, 0.15) is 5.82 Å². The lowest BCUT2D eigenvalue weighted by atomic mass is 10.3. The summed E-state index contributed by atoms with van der Waals surface area (Å²) in [5, 5.41) is 7.31. The Hall–Kier alpha value is -2.11. The fourth-order valence-corrected chi connectivity index (χ4v) is 5.01. The highest BCUT2D eigenvalue weighted by Gasteiger charge is 2.20. The Bertz CT molecular complexity index is 1180. The van der Waals surface area contributed by atoms with Crippen LogP contribution in [-0.2, 0) is 28.9 Å². The van der Waals surface area contributed by atoms with E-state index in [4.69, 9.17) is 4.98 Å². The molecule has 2 heterocycles. The molecule has 3 rings (SSSR count). The molecule has 30 heavy (non-hydrogen) atoms. The normalized spacial score (nSPS) is 12.3. The Labute approximate surface area is 180 Å². The van der Waals surface area contributed by atoms with Crippen LogP contribution in [0.15, 0.2) is 33.0 Å². The SMILES string of the molecule is CCCCn1c(SCc2nc3cc(S(=O)(=O)N(C)C)ccc3n2CCC)n[nH]c1=O. The minimum absolute atomic E-state index is 0.202. The molecule has 1 N–H and O–H groups in total. The zero-order valence-electron chi connectivity index (χ0n) is 17.8. The molecule has 0 atom stereocenters. The summed E-state index contributed by atoms with van der Waals surface area (Å²) in [6.45, 7) is 5.57. The summed E-state index contributed by atoms with van der Waals surface area (Å²) in [6, 6.07) is 5.06. The van der Waals surface area contributed by atoms with E-state index in [1.807, 2.05) is 6.07 Å². The van der Waals surface area contributed by atoms with Crippen LogP contribution in [0.3, 0.4) is 0 Å². The van der Waals surface area contributed by atoms with Gasteiger partial charge in [0.15, 0.2) is 5.16 Å². The van der Waals surface area contributed by atoms with Gasteiger partial charge in [-0.25, -0.2) is 27.6 Å². The van der Waals surface area contributed by atoms with E-state index in [1.54, 1.807) is 16.7 Å². The molecule has 0 bridgehead atoms. The number of sulfonamides is 1. The number of nitrogens with one attached hydrogen (secondary N) is 1. The van der Waals surface area contributed by atoms with Crippen LogP contribution in [0.4, 0.5) is 0 Å². The Morgan fingerprint density at radius 3 is 2.57 bits per heavy atom. The number of aromatic nitrogens is 5. The van der Waals surface area contributed by atoms with E-state index in [1.165, 1.54) is 30.2 Å². The maximum Gasteiger partial charge on any atom is 0.343 e. The number of imidazole rings is 1. The topological polar surface area (TPSA) is 106 Å². The first-order valence-corrected chi connectivity index (χ1v) is 12.4. The molecule has 1 aromatic carbocycles. The van der Waals surface area contributed by atoms with E-state index in [0.29, 0.717) is 23.0 Å². The number of hydrogen-bond acceptors (Lipinski definition) is 6. The number of H-pyrrole nitrogens is 1. The fourth-order valence-electron chi connectivity index (χ4n) is 3.17. The molecule has 9 nitrogen and oxygen atoms in total. The molecular formula is C19H28N6O3S2. The van der Waals surface area contributed by atoms with E-state index >= 15 is 0 Å². The van der Waals surface area contributed by atoms with Crippen LogP contribution in [0, 0.1) is 0 Å². The third-order valence-electron chi connectivity index (χ3n) is 4.81. The molecule has 0 spiro atoms. The van der Waals surface area contributed by atoms with Crippen LogP contribution in [0.2, 0.25) is 0 Å². The predicted octanol–water partition coefficient (Wildman–Crippen LogP) is 2.67. The van der Waals surface area contributed by atoms with Gasteiger partial charge in [-0.15, -0.1) is 5.10 Å². The van der Waals surface area contributed by atoms with Gasteiger partial charge in [-0.2, -0.15) is 0 Å². The molecule has 0 aliphatic heterocycles. The Morgan fingerprint density at radius 1 is 1.13 bits per heavy atom. The maximum atomic E-state index is 12.5. The van der Waals surface area contributed by atoms with Crippen molar-refractivity contribution in [2.75, 3.05) is 14.1 Å². The lowest BCUT2D eigenvalue weighted by molar-refractivity contribution is 0.521. The van der Waals surface area contributed by atoms with Crippen molar-refractivity contribution in [3.05, 3.63) is 34.5 Å². The van der Waals surface area contributed by atoms with Crippen LogP contribution in [0.1, 0.15) is 38.9 Å². The molecule has 0 amide bonds. The van der Waals surface area contributed by atoms with E-state index in [-0.39, 0.29) is 10.6 Å². The standard InChI is InChI=1S/C19H28N6O3S2/c1-5-7-11-25-18(26)21-22-19(25)29-13-17-20-15-12-14(30(27,28)23(3)4)8-9-16(15)24(17)10-6-2/h8-9,12H,5-7,10-11,13H2,1-4H3,(H,21,26). The quantitative estimate of drug-likeness (QED) is 0.474. The number of nitrogens with zero attached hydrogens (tertiary/aromatic N) is 5. The molecule has 0 fully saturated rings. The highest BCUT2D eigenvalue weighted by Crippen LogP contribution is 2.26. The largest absolute Gasteiger partial charge is 0.343 e. The molecule has 164 valence electrons. The summed E-state index contributed by atoms with van der Waals surface area (Å²) in [7, 11) is -0.498. The lowest BCUT2D eigenvalue weighted by Crippen LogP contribution is -2.22. The van der Waals surface area contributed by atoms with Crippen LogP contribution < -0.4 is 5.69 Å². The Kier molecular flexibility index (Phi) is 7.04. The number of hydrogen-bond donors (Lipinski definition) is 1. The van der Waals surface area contributed by atoms with Gasteiger partial charge in [0.05, 0.1) is 21.7 Å². The number of aryl methyl sites for hydroxylation is 1. The highest BCUT2D eigenvalue weighted by molar-refractivity contribution is 7.98. The van der Waals surface area contributed by atoms with Gasteiger partial charge < -0.3 is 4.57 Å². The van der Waals surface area contributed by atoms with Crippen LogP contribution in [0.5, 0.6) is 0 Å². The minimum Gasteiger partial charge on any atom is -0.327 e. The van der Waals surface area contributed by atoms with E-state index in [0.717, 1.165) is 37.1 Å². The Balaban J connectivity index is 1.94. The summed E-state index contributed by atoms with van der Waals surface area (Å²) < 4.78 is 29.9. The predicted molar refractivity (Wildman–Crippen MR) is 118 cm³/mol. The molecule has 2 aromatic heterocycles. The summed E-state index contributed by atoms with van der Waals surface area (Å²) in [5.74, 6) is 1.36. The van der Waals surface area contributed by atoms with Crippen molar-refractivity contribution in [3.63, 3.8) is 0 Å². The molecule has 0 aliphatic rings. The lowest BCUT2D eigenvalue weighted by Gasteiger charge is -2.11. The number of rotatable bonds is 10. The van der Waals surface area contributed by atoms with Gasteiger partial charge in [-0.3, -0.25) is 4.57 Å². The van der Waals surface area contributed by atoms with Gasteiger partial charge >= 0.3 is 5.69 Å². The summed E-state index contributed by atoms with van der Waals surface area (Å²) in [5.41, 5.74) is 1.34. The van der Waals surface area contributed by atoms with E-state index in [2.05, 4.69) is 28.6 Å². The van der Waals surface area contributed by atoms with Crippen molar-refractivity contribution < 1.29 is 8.42 Å². The summed E-state index contributed by atoms with van der Waals surface area (Å²) in [6.07, 6.45) is 2.82.